The van der Waals surface area contributed by atoms with Gasteiger partial charge in [-0.15, -0.1) is 0 Å². The Labute approximate surface area is 124 Å². The second-order valence-electron chi connectivity index (χ2n) is 5.31. The van der Waals surface area contributed by atoms with Crippen molar-refractivity contribution in [2.24, 2.45) is 0 Å². The van der Waals surface area contributed by atoms with E-state index in [9.17, 15) is 8.78 Å². The molecule has 1 aromatic carbocycles. The number of hydrogen-bond donors (Lipinski definition) is 1. The Kier molecular flexibility index (Phi) is 4.68. The van der Waals surface area contributed by atoms with Crippen LogP contribution in [0.2, 0.25) is 0 Å². The highest BCUT2D eigenvalue weighted by Crippen LogP contribution is 2.28. The zero-order valence-corrected chi connectivity index (χ0v) is 12.8. The summed E-state index contributed by atoms with van der Waals surface area (Å²) in [5.74, 6) is -1.59. The molecule has 2 rings (SSSR count). The predicted octanol–water partition coefficient (Wildman–Crippen LogP) is 3.98. The summed E-state index contributed by atoms with van der Waals surface area (Å²) in [6, 6.07) is 4.77. The van der Waals surface area contributed by atoms with E-state index in [4.69, 9.17) is 0 Å². The third-order valence-electron chi connectivity index (χ3n) is 3.55. The highest BCUT2D eigenvalue weighted by Gasteiger charge is 2.22. The predicted molar refractivity (Wildman–Crippen MR) is 80.3 cm³/mol. The molecule has 0 bridgehead atoms. The Hall–Kier alpha value is -1.81. The normalized spacial score (nSPS) is 12.5. The molecule has 4 heteroatoms. The number of halogens is 2. The first-order valence-electron chi connectivity index (χ1n) is 7.06. The van der Waals surface area contributed by atoms with Gasteiger partial charge < -0.3 is 5.32 Å². The molecule has 0 aliphatic heterocycles. The SMILES string of the molecule is CCNC(c1ccc(C)c(F)c1F)c1ncc(C)cc1C. The third-order valence-corrected chi connectivity index (χ3v) is 3.55. The second kappa shape index (κ2) is 6.31. The van der Waals surface area contributed by atoms with Crippen molar-refractivity contribution in [3.63, 3.8) is 0 Å². The highest BCUT2D eigenvalue weighted by atomic mass is 19.2. The van der Waals surface area contributed by atoms with Crippen LogP contribution in [0.3, 0.4) is 0 Å². The summed E-state index contributed by atoms with van der Waals surface area (Å²) in [6.45, 7) is 8.01. The zero-order valence-electron chi connectivity index (χ0n) is 12.8. The molecule has 1 unspecified atom stereocenters. The molecule has 0 amide bonds. The second-order valence-corrected chi connectivity index (χ2v) is 5.31. The van der Waals surface area contributed by atoms with Gasteiger partial charge in [0.1, 0.15) is 0 Å². The van der Waals surface area contributed by atoms with Gasteiger partial charge in [-0.1, -0.05) is 25.1 Å². The molecular formula is C17H20F2N2. The van der Waals surface area contributed by atoms with E-state index in [2.05, 4.69) is 10.3 Å². The quantitative estimate of drug-likeness (QED) is 0.921. The lowest BCUT2D eigenvalue weighted by Crippen LogP contribution is -2.25. The maximum Gasteiger partial charge on any atom is 0.164 e. The van der Waals surface area contributed by atoms with Gasteiger partial charge in [0, 0.05) is 11.8 Å². The molecule has 0 aliphatic rings. The van der Waals surface area contributed by atoms with Gasteiger partial charge in [0.05, 0.1) is 11.7 Å². The van der Waals surface area contributed by atoms with E-state index in [-0.39, 0.29) is 0 Å². The Balaban J connectivity index is 2.56. The molecular weight excluding hydrogens is 270 g/mol. The Morgan fingerprint density at radius 1 is 1.10 bits per heavy atom. The number of aromatic nitrogens is 1. The van der Waals surface area contributed by atoms with E-state index in [0.717, 1.165) is 16.8 Å². The fourth-order valence-electron chi connectivity index (χ4n) is 2.47. The number of pyridine rings is 1. The third kappa shape index (κ3) is 3.10. The smallest absolute Gasteiger partial charge is 0.164 e. The van der Waals surface area contributed by atoms with Gasteiger partial charge in [-0.05, 0) is 44.0 Å². The molecule has 1 heterocycles. The van der Waals surface area contributed by atoms with Crippen LogP contribution in [0.5, 0.6) is 0 Å². The Morgan fingerprint density at radius 3 is 2.43 bits per heavy atom. The van der Waals surface area contributed by atoms with Crippen molar-refractivity contribution >= 4 is 0 Å². The van der Waals surface area contributed by atoms with Crippen LogP contribution in [0.1, 0.15) is 40.9 Å². The van der Waals surface area contributed by atoms with Crippen molar-refractivity contribution in [1.82, 2.24) is 10.3 Å². The van der Waals surface area contributed by atoms with E-state index in [1.807, 2.05) is 26.8 Å². The van der Waals surface area contributed by atoms with Crippen molar-refractivity contribution < 1.29 is 8.78 Å². The lowest BCUT2D eigenvalue weighted by Gasteiger charge is -2.21. The van der Waals surface area contributed by atoms with Gasteiger partial charge in [-0.2, -0.15) is 0 Å². The Morgan fingerprint density at radius 2 is 1.81 bits per heavy atom. The van der Waals surface area contributed by atoms with E-state index < -0.39 is 17.7 Å². The van der Waals surface area contributed by atoms with Crippen LogP contribution in [0.15, 0.2) is 24.4 Å². The Bertz CT molecular complexity index is 653. The molecule has 1 aromatic heterocycles. The minimum absolute atomic E-state index is 0.291. The van der Waals surface area contributed by atoms with Crippen LogP contribution in [0, 0.1) is 32.4 Å². The minimum Gasteiger partial charge on any atom is -0.305 e. The van der Waals surface area contributed by atoms with E-state index in [0.29, 0.717) is 17.7 Å². The van der Waals surface area contributed by atoms with Gasteiger partial charge in [0.2, 0.25) is 0 Å². The summed E-state index contributed by atoms with van der Waals surface area (Å²) in [7, 11) is 0. The summed E-state index contributed by atoms with van der Waals surface area (Å²) in [6.07, 6.45) is 1.75. The molecule has 0 saturated carbocycles. The standard InChI is InChI=1S/C17H20F2N2/c1-5-20-17(16-12(4)8-10(2)9-21-16)13-7-6-11(3)14(18)15(13)19/h6-9,17,20H,5H2,1-4H3. The van der Waals surface area contributed by atoms with Gasteiger partial charge in [-0.3, -0.25) is 4.98 Å². The maximum atomic E-state index is 14.3. The number of aryl methyl sites for hydroxylation is 3. The summed E-state index contributed by atoms with van der Waals surface area (Å²) in [5.41, 5.74) is 3.33. The molecule has 0 aliphatic carbocycles. The van der Waals surface area contributed by atoms with E-state index >= 15 is 0 Å². The minimum atomic E-state index is -0.803. The molecule has 0 radical (unpaired) electrons. The van der Waals surface area contributed by atoms with Crippen molar-refractivity contribution in [3.05, 3.63) is 64.0 Å². The first-order chi connectivity index (χ1) is 9.95. The van der Waals surface area contributed by atoms with Crippen molar-refractivity contribution in [2.45, 2.75) is 33.7 Å². The van der Waals surface area contributed by atoms with Crippen LogP contribution in [-0.4, -0.2) is 11.5 Å². The van der Waals surface area contributed by atoms with Crippen LogP contribution in [-0.2, 0) is 0 Å². The summed E-state index contributed by atoms with van der Waals surface area (Å²) in [5, 5.41) is 3.19. The average molecular weight is 290 g/mol. The van der Waals surface area contributed by atoms with E-state index in [1.54, 1.807) is 25.3 Å². The molecule has 2 nitrogen and oxygen atoms in total. The molecule has 1 atom stereocenters. The molecule has 1 N–H and O–H groups in total. The zero-order chi connectivity index (χ0) is 15.6. The summed E-state index contributed by atoms with van der Waals surface area (Å²) >= 11 is 0. The molecule has 112 valence electrons. The number of benzene rings is 1. The monoisotopic (exact) mass is 290 g/mol. The number of hydrogen-bond acceptors (Lipinski definition) is 2. The maximum absolute atomic E-state index is 14.3. The number of nitrogens with zero attached hydrogens (tertiary/aromatic N) is 1. The lowest BCUT2D eigenvalue weighted by atomic mass is 9.97. The molecule has 0 saturated heterocycles. The fraction of sp³-hybridized carbons (Fsp3) is 0.353. The van der Waals surface area contributed by atoms with Crippen molar-refractivity contribution in [1.29, 1.82) is 0 Å². The van der Waals surface area contributed by atoms with Gasteiger partial charge >= 0.3 is 0 Å². The van der Waals surface area contributed by atoms with Gasteiger partial charge in [0.25, 0.3) is 0 Å². The average Bonchev–Trinajstić information content (AvgIpc) is 2.44. The molecule has 0 spiro atoms. The number of nitrogens with one attached hydrogen (secondary N) is 1. The highest BCUT2D eigenvalue weighted by molar-refractivity contribution is 5.36. The van der Waals surface area contributed by atoms with Gasteiger partial charge in [0.15, 0.2) is 11.6 Å². The van der Waals surface area contributed by atoms with Crippen LogP contribution in [0.4, 0.5) is 8.78 Å². The summed E-state index contributed by atoms with van der Waals surface area (Å²) in [4.78, 5) is 4.41. The van der Waals surface area contributed by atoms with Crippen molar-refractivity contribution in [3.8, 4) is 0 Å². The van der Waals surface area contributed by atoms with E-state index in [1.165, 1.54) is 0 Å². The first kappa shape index (κ1) is 15.6. The van der Waals surface area contributed by atoms with Crippen LogP contribution < -0.4 is 5.32 Å². The van der Waals surface area contributed by atoms with Crippen molar-refractivity contribution in [2.75, 3.05) is 6.54 Å². The molecule has 21 heavy (non-hydrogen) atoms. The van der Waals surface area contributed by atoms with Gasteiger partial charge in [-0.25, -0.2) is 8.78 Å². The molecule has 2 aromatic rings. The topological polar surface area (TPSA) is 24.9 Å². The molecule has 0 fully saturated rings. The lowest BCUT2D eigenvalue weighted by molar-refractivity contribution is 0.476. The first-order valence-corrected chi connectivity index (χ1v) is 7.06. The fourth-order valence-corrected chi connectivity index (χ4v) is 2.47. The van der Waals surface area contributed by atoms with Crippen LogP contribution >= 0.6 is 0 Å². The summed E-state index contributed by atoms with van der Waals surface area (Å²) < 4.78 is 28.1. The number of rotatable bonds is 4. The largest absolute Gasteiger partial charge is 0.305 e. The van der Waals surface area contributed by atoms with Crippen LogP contribution in [0.25, 0.3) is 0 Å².